The third kappa shape index (κ3) is 58.2. The normalized spacial score (nSPS) is 15.0. The van der Waals surface area contributed by atoms with Crippen LogP contribution in [-0.2, 0) is 65.4 Å². The molecule has 19 heteroatoms. The molecule has 0 spiro atoms. The maximum Gasteiger partial charge on any atom is 0.472 e. The number of esters is 4. The van der Waals surface area contributed by atoms with Gasteiger partial charge in [-0.3, -0.25) is 37.3 Å². The summed E-state index contributed by atoms with van der Waals surface area (Å²) in [7, 11) is -9.89. The van der Waals surface area contributed by atoms with Gasteiger partial charge in [0.1, 0.15) is 19.3 Å². The molecule has 0 rings (SSSR count). The number of carbonyl (C=O) groups excluding carboxylic acids is 4. The summed E-state index contributed by atoms with van der Waals surface area (Å²) in [6, 6.07) is 0. The minimum absolute atomic E-state index is 0.103. The predicted octanol–water partition coefficient (Wildman–Crippen LogP) is 18.1. The molecule has 0 bridgehead atoms. The first-order chi connectivity index (χ1) is 40.7. The van der Waals surface area contributed by atoms with Crippen LogP contribution >= 0.6 is 15.6 Å². The number of phosphoric ester groups is 2. The first-order valence-corrected chi connectivity index (χ1v) is 37.3. The van der Waals surface area contributed by atoms with Crippen LogP contribution in [0.15, 0.2) is 0 Å². The van der Waals surface area contributed by atoms with Crippen molar-refractivity contribution in [3.05, 3.63) is 0 Å². The summed E-state index contributed by atoms with van der Waals surface area (Å²) >= 11 is 0. The smallest absolute Gasteiger partial charge is 0.462 e. The summed E-state index contributed by atoms with van der Waals surface area (Å²) < 4.78 is 68.1. The summed E-state index contributed by atoms with van der Waals surface area (Å²) in [5.74, 6) is 0.819. The van der Waals surface area contributed by atoms with Gasteiger partial charge in [-0.05, 0) is 49.4 Å². The Bertz CT molecular complexity index is 1700. The van der Waals surface area contributed by atoms with E-state index in [9.17, 15) is 43.2 Å². The topological polar surface area (TPSA) is 237 Å². The van der Waals surface area contributed by atoms with Gasteiger partial charge in [-0.1, -0.05) is 267 Å². The SMILES string of the molecule is CCC(C)CCCCCCCCCCCCC(=O)O[C@H](COC(=O)CCCCCCCCCC(C)C)COP(=O)(O)OC[C@@H](O)COP(=O)(O)OC[C@@H](COC(=O)CCCCCCCCC(C)CC)OC(=O)CCCCCCCCCCC(C)C. The van der Waals surface area contributed by atoms with Crippen molar-refractivity contribution in [3.63, 3.8) is 0 Å². The number of hydrogen-bond acceptors (Lipinski definition) is 15. The lowest BCUT2D eigenvalue weighted by Crippen LogP contribution is -2.30. The number of unbranched alkanes of at least 4 members (excludes halogenated alkanes) is 27. The fraction of sp³-hybridized carbons (Fsp3) is 0.939. The van der Waals surface area contributed by atoms with E-state index in [0.29, 0.717) is 31.6 Å². The Morgan fingerprint density at radius 1 is 0.329 bits per heavy atom. The summed E-state index contributed by atoms with van der Waals surface area (Å²) in [5, 5.41) is 10.6. The molecule has 0 saturated heterocycles. The average Bonchev–Trinajstić information content (AvgIpc) is 3.57. The number of hydrogen-bond donors (Lipinski definition) is 3. The second-order valence-electron chi connectivity index (χ2n) is 25.3. The zero-order chi connectivity index (χ0) is 63.2. The van der Waals surface area contributed by atoms with Gasteiger partial charge in [0.2, 0.25) is 0 Å². The molecule has 0 saturated carbocycles. The molecular formula is C66H128O17P2. The minimum Gasteiger partial charge on any atom is -0.462 e. The van der Waals surface area contributed by atoms with Gasteiger partial charge in [0, 0.05) is 25.7 Å². The number of carbonyl (C=O) groups is 4. The van der Waals surface area contributed by atoms with Gasteiger partial charge >= 0.3 is 39.5 Å². The first kappa shape index (κ1) is 83.1. The predicted molar refractivity (Wildman–Crippen MR) is 340 cm³/mol. The Labute approximate surface area is 517 Å². The van der Waals surface area contributed by atoms with Crippen LogP contribution in [0, 0.1) is 23.7 Å². The van der Waals surface area contributed by atoms with Crippen molar-refractivity contribution >= 4 is 39.5 Å². The first-order valence-electron chi connectivity index (χ1n) is 34.3. The fourth-order valence-corrected chi connectivity index (χ4v) is 11.3. The monoisotopic (exact) mass is 1250 g/mol. The van der Waals surface area contributed by atoms with Crippen molar-refractivity contribution in [2.75, 3.05) is 39.6 Å². The van der Waals surface area contributed by atoms with Crippen LogP contribution in [0.1, 0.15) is 319 Å². The molecule has 85 heavy (non-hydrogen) atoms. The minimum atomic E-state index is -4.95. The summed E-state index contributed by atoms with van der Waals surface area (Å²) in [5.41, 5.74) is 0. The number of aliphatic hydroxyl groups is 1. The summed E-state index contributed by atoms with van der Waals surface area (Å²) in [4.78, 5) is 72.3. The highest BCUT2D eigenvalue weighted by atomic mass is 31.2. The quantitative estimate of drug-likeness (QED) is 0.0222. The van der Waals surface area contributed by atoms with E-state index in [4.69, 9.17) is 37.0 Å². The highest BCUT2D eigenvalue weighted by Crippen LogP contribution is 2.45. The lowest BCUT2D eigenvalue weighted by Gasteiger charge is -2.21. The largest absolute Gasteiger partial charge is 0.472 e. The third-order valence-electron chi connectivity index (χ3n) is 15.8. The molecule has 0 aliphatic rings. The van der Waals surface area contributed by atoms with E-state index in [1.54, 1.807) is 0 Å². The Morgan fingerprint density at radius 3 is 0.835 bits per heavy atom. The van der Waals surface area contributed by atoms with E-state index in [2.05, 4.69) is 55.4 Å². The van der Waals surface area contributed by atoms with Crippen LogP contribution in [0.3, 0.4) is 0 Å². The number of ether oxygens (including phenoxy) is 4. The number of phosphoric acid groups is 2. The maximum absolute atomic E-state index is 13.0. The molecule has 0 amide bonds. The maximum atomic E-state index is 13.0. The van der Waals surface area contributed by atoms with Gasteiger partial charge in [-0.2, -0.15) is 0 Å². The van der Waals surface area contributed by atoms with Crippen LogP contribution in [0.25, 0.3) is 0 Å². The summed E-state index contributed by atoms with van der Waals surface area (Å²) in [6.07, 6.45) is 36.2. The molecule has 0 aromatic carbocycles. The highest BCUT2D eigenvalue weighted by Gasteiger charge is 2.30. The molecule has 4 unspecified atom stereocenters. The molecule has 0 fully saturated rings. The number of aliphatic hydroxyl groups excluding tert-OH is 1. The van der Waals surface area contributed by atoms with Gasteiger partial charge in [-0.25, -0.2) is 9.13 Å². The van der Waals surface area contributed by atoms with Crippen molar-refractivity contribution in [3.8, 4) is 0 Å². The number of rotatable bonds is 63. The van der Waals surface area contributed by atoms with Crippen molar-refractivity contribution in [1.29, 1.82) is 0 Å². The Balaban J connectivity index is 5.26. The molecule has 3 N–H and O–H groups in total. The van der Waals surface area contributed by atoms with Crippen LogP contribution in [0.5, 0.6) is 0 Å². The van der Waals surface area contributed by atoms with E-state index >= 15 is 0 Å². The van der Waals surface area contributed by atoms with Crippen LogP contribution in [-0.4, -0.2) is 96.7 Å². The summed E-state index contributed by atoms with van der Waals surface area (Å²) in [6.45, 7) is 14.0. The van der Waals surface area contributed by atoms with Crippen LogP contribution in [0.2, 0.25) is 0 Å². The zero-order valence-corrected chi connectivity index (χ0v) is 57.0. The van der Waals surface area contributed by atoms with Gasteiger partial charge in [-0.15, -0.1) is 0 Å². The van der Waals surface area contributed by atoms with Gasteiger partial charge in [0.25, 0.3) is 0 Å². The van der Waals surface area contributed by atoms with E-state index in [-0.39, 0.29) is 25.7 Å². The second kappa shape index (κ2) is 56.1. The van der Waals surface area contributed by atoms with Crippen LogP contribution in [0.4, 0.5) is 0 Å². The third-order valence-corrected chi connectivity index (χ3v) is 17.7. The molecule has 0 aromatic heterocycles. The molecule has 0 radical (unpaired) electrons. The molecule has 17 nitrogen and oxygen atoms in total. The standard InChI is InChI=1S/C66H128O17P2/c1-9-58(7)44-36-28-20-13-11-12-14-21-32-40-48-65(70)82-61(52-76-63(68)46-38-30-23-17-19-27-35-43-57(5)6)54-80-84(72,73)78-50-60(67)51-79-85(74,75)81-55-62(53-77-64(69)47-39-31-25-24-29-37-45-59(8)10-2)83-66(71)49-41-33-22-16-15-18-26-34-42-56(3)4/h56-62,67H,9-55H2,1-8H3,(H,72,73)(H,74,75)/t58?,59?,60-,61-,62-/m1/s1. The molecular weight excluding hydrogens is 1130 g/mol. The fourth-order valence-electron chi connectivity index (χ4n) is 9.72. The Kier molecular flexibility index (Phi) is 54.8. The van der Waals surface area contributed by atoms with E-state index in [0.717, 1.165) is 120 Å². The van der Waals surface area contributed by atoms with Gasteiger partial charge in [0.05, 0.1) is 26.4 Å². The molecule has 0 aliphatic carbocycles. The molecule has 504 valence electrons. The Morgan fingerprint density at radius 2 is 0.565 bits per heavy atom. The van der Waals surface area contributed by atoms with Crippen molar-refractivity contribution < 1.29 is 80.2 Å². The van der Waals surface area contributed by atoms with Crippen molar-refractivity contribution in [1.82, 2.24) is 0 Å². The van der Waals surface area contributed by atoms with Crippen molar-refractivity contribution in [2.45, 2.75) is 337 Å². The highest BCUT2D eigenvalue weighted by molar-refractivity contribution is 7.47. The lowest BCUT2D eigenvalue weighted by atomic mass is 9.99. The van der Waals surface area contributed by atoms with Gasteiger partial charge in [0.15, 0.2) is 12.2 Å². The molecule has 7 atom stereocenters. The Hall–Kier alpha value is -1.94. The van der Waals surface area contributed by atoms with E-state index in [1.165, 1.54) is 109 Å². The zero-order valence-electron chi connectivity index (χ0n) is 55.2. The van der Waals surface area contributed by atoms with E-state index < -0.39 is 97.5 Å². The average molecular weight is 1260 g/mol. The molecule has 0 heterocycles. The second-order valence-corrected chi connectivity index (χ2v) is 28.2. The van der Waals surface area contributed by atoms with Crippen molar-refractivity contribution in [2.24, 2.45) is 23.7 Å². The lowest BCUT2D eigenvalue weighted by molar-refractivity contribution is -0.161. The van der Waals surface area contributed by atoms with Gasteiger partial charge < -0.3 is 33.8 Å². The molecule has 0 aromatic rings. The molecule has 0 aliphatic heterocycles. The van der Waals surface area contributed by atoms with Crippen LogP contribution < -0.4 is 0 Å². The van der Waals surface area contributed by atoms with E-state index in [1.807, 2.05) is 0 Å².